The van der Waals surface area contributed by atoms with Crippen molar-refractivity contribution >= 4 is 29.0 Å². The van der Waals surface area contributed by atoms with Crippen LogP contribution in [-0.2, 0) is 0 Å². The monoisotopic (exact) mass is 327 g/mol. The molecule has 116 valence electrons. The fourth-order valence-corrected chi connectivity index (χ4v) is 3.35. The normalized spacial score (nSPS) is 18.0. The van der Waals surface area contributed by atoms with Crippen LogP contribution >= 0.6 is 23.2 Å². The third-order valence-corrected chi connectivity index (χ3v) is 4.97. The van der Waals surface area contributed by atoms with Gasteiger partial charge in [0.05, 0.1) is 11.6 Å². The number of carbonyl (C=O) groups is 1. The van der Waals surface area contributed by atoms with E-state index in [1.165, 1.54) is 0 Å². The van der Waals surface area contributed by atoms with Crippen molar-refractivity contribution < 1.29 is 4.79 Å². The van der Waals surface area contributed by atoms with Gasteiger partial charge in [-0.05, 0) is 55.5 Å². The summed E-state index contributed by atoms with van der Waals surface area (Å²) in [5.41, 5.74) is 0.883. The van der Waals surface area contributed by atoms with E-state index in [1.807, 2.05) is 0 Å². The molecule has 0 atom stereocenters. The summed E-state index contributed by atoms with van der Waals surface area (Å²) in [6, 6.07) is 5.05. The van der Waals surface area contributed by atoms with Crippen LogP contribution in [0.5, 0.6) is 0 Å². The first-order valence-corrected chi connectivity index (χ1v) is 8.23. The highest BCUT2D eigenvalue weighted by molar-refractivity contribution is 6.36. The predicted octanol–water partition coefficient (Wildman–Crippen LogP) is 4.93. The van der Waals surface area contributed by atoms with Crippen molar-refractivity contribution in [1.29, 1.82) is 0 Å². The molecule has 0 aliphatic carbocycles. The van der Waals surface area contributed by atoms with E-state index in [1.54, 1.807) is 18.2 Å². The molecule has 1 aliphatic rings. The summed E-state index contributed by atoms with van der Waals surface area (Å²) in [5.74, 6) is 0.787. The van der Waals surface area contributed by atoms with E-state index in [2.05, 4.69) is 25.7 Å². The number of carbonyl (C=O) groups excluding carboxylic acids is 1. The van der Waals surface area contributed by atoms with Crippen LogP contribution in [0, 0.1) is 11.3 Å². The molecule has 0 aromatic heterocycles. The molecular weight excluding hydrogens is 305 g/mol. The summed E-state index contributed by atoms with van der Waals surface area (Å²) in [6.45, 7) is 9.27. The van der Waals surface area contributed by atoms with Crippen LogP contribution < -0.4 is 0 Å². The molecule has 2 nitrogen and oxygen atoms in total. The minimum absolute atomic E-state index is 0.0525. The van der Waals surface area contributed by atoms with Gasteiger partial charge in [0.25, 0.3) is 0 Å². The lowest BCUT2D eigenvalue weighted by molar-refractivity contribution is 0.0822. The zero-order chi connectivity index (χ0) is 15.6. The molecule has 0 amide bonds. The Hall–Kier alpha value is -0.570. The first-order valence-electron chi connectivity index (χ1n) is 7.48. The van der Waals surface area contributed by atoms with Gasteiger partial charge in [0.1, 0.15) is 0 Å². The summed E-state index contributed by atoms with van der Waals surface area (Å²) in [4.78, 5) is 14.6. The van der Waals surface area contributed by atoms with Gasteiger partial charge < -0.3 is 0 Å². The summed E-state index contributed by atoms with van der Waals surface area (Å²) in [7, 11) is 0. The van der Waals surface area contributed by atoms with Gasteiger partial charge in [-0.3, -0.25) is 9.69 Å². The van der Waals surface area contributed by atoms with Crippen molar-refractivity contribution in [2.45, 2.75) is 33.6 Å². The Kier molecular flexibility index (Phi) is 5.34. The van der Waals surface area contributed by atoms with Gasteiger partial charge in [-0.25, -0.2) is 0 Å². The van der Waals surface area contributed by atoms with Gasteiger partial charge in [0.2, 0.25) is 0 Å². The molecular formula is C17H23Cl2NO. The van der Waals surface area contributed by atoms with E-state index >= 15 is 0 Å². The van der Waals surface area contributed by atoms with E-state index in [4.69, 9.17) is 23.2 Å². The van der Waals surface area contributed by atoms with Crippen LogP contribution in [0.15, 0.2) is 18.2 Å². The lowest BCUT2D eigenvalue weighted by Crippen LogP contribution is -2.40. The highest BCUT2D eigenvalue weighted by atomic mass is 35.5. The number of benzene rings is 1. The summed E-state index contributed by atoms with van der Waals surface area (Å²) >= 11 is 12.0. The number of Topliss-reactive ketones (excluding diaryl/α,β-unsaturated/α-hetero) is 1. The molecule has 1 aromatic rings. The molecule has 4 heteroatoms. The molecule has 0 N–H and O–H groups in total. The van der Waals surface area contributed by atoms with Crippen molar-refractivity contribution in [3.05, 3.63) is 33.8 Å². The Balaban J connectivity index is 1.94. The van der Waals surface area contributed by atoms with Gasteiger partial charge >= 0.3 is 0 Å². The quantitative estimate of drug-likeness (QED) is 0.733. The number of nitrogens with zero attached hydrogens (tertiary/aromatic N) is 1. The van der Waals surface area contributed by atoms with Crippen LogP contribution in [0.1, 0.15) is 44.0 Å². The number of ketones is 1. The standard InChI is InChI=1S/C17H23Cl2NO/c1-17(2,3)12-6-8-20(9-7-12)11-16(21)14-10-13(18)4-5-15(14)19/h4-5,10,12H,6-9,11H2,1-3H3. The lowest BCUT2D eigenvalue weighted by atomic mass is 9.75. The second-order valence-electron chi connectivity index (χ2n) is 6.96. The van der Waals surface area contributed by atoms with Crippen molar-refractivity contribution in [3.63, 3.8) is 0 Å². The highest BCUT2D eigenvalue weighted by Crippen LogP contribution is 2.34. The summed E-state index contributed by atoms with van der Waals surface area (Å²) in [6.07, 6.45) is 2.31. The Labute approximate surface area is 137 Å². The lowest BCUT2D eigenvalue weighted by Gasteiger charge is -2.38. The Morgan fingerprint density at radius 2 is 1.86 bits per heavy atom. The van der Waals surface area contributed by atoms with Crippen LogP contribution in [0.25, 0.3) is 0 Å². The first-order chi connectivity index (χ1) is 9.77. The number of rotatable bonds is 3. The van der Waals surface area contributed by atoms with Crippen LogP contribution in [0.2, 0.25) is 10.0 Å². The summed E-state index contributed by atoms with van der Waals surface area (Å²) in [5, 5.41) is 1.03. The number of piperidine rings is 1. The number of likely N-dealkylation sites (tertiary alicyclic amines) is 1. The molecule has 1 saturated heterocycles. The second kappa shape index (κ2) is 6.68. The van der Waals surface area contributed by atoms with Crippen molar-refractivity contribution in [1.82, 2.24) is 4.90 Å². The van der Waals surface area contributed by atoms with Gasteiger partial charge in [-0.15, -0.1) is 0 Å². The maximum Gasteiger partial charge on any atom is 0.178 e. The molecule has 0 unspecified atom stereocenters. The fourth-order valence-electron chi connectivity index (χ4n) is 2.96. The molecule has 1 aliphatic heterocycles. The maximum absolute atomic E-state index is 12.4. The number of hydrogen-bond donors (Lipinski definition) is 0. The van der Waals surface area contributed by atoms with Crippen LogP contribution in [0.3, 0.4) is 0 Å². The molecule has 0 saturated carbocycles. The Morgan fingerprint density at radius 1 is 1.24 bits per heavy atom. The molecule has 1 aromatic carbocycles. The number of hydrogen-bond acceptors (Lipinski definition) is 2. The minimum atomic E-state index is 0.0525. The maximum atomic E-state index is 12.4. The molecule has 21 heavy (non-hydrogen) atoms. The molecule has 0 radical (unpaired) electrons. The third-order valence-electron chi connectivity index (χ3n) is 4.41. The minimum Gasteiger partial charge on any atom is -0.296 e. The molecule has 0 spiro atoms. The topological polar surface area (TPSA) is 20.3 Å². The summed E-state index contributed by atoms with van der Waals surface area (Å²) < 4.78 is 0. The Bertz CT molecular complexity index is 514. The van der Waals surface area contributed by atoms with Gasteiger partial charge in [0.15, 0.2) is 5.78 Å². The van der Waals surface area contributed by atoms with Crippen molar-refractivity contribution in [3.8, 4) is 0 Å². The highest BCUT2D eigenvalue weighted by Gasteiger charge is 2.29. The van der Waals surface area contributed by atoms with Crippen LogP contribution in [-0.4, -0.2) is 30.3 Å². The zero-order valence-corrected chi connectivity index (χ0v) is 14.5. The van der Waals surface area contributed by atoms with Gasteiger partial charge in [-0.2, -0.15) is 0 Å². The largest absolute Gasteiger partial charge is 0.296 e. The van der Waals surface area contributed by atoms with Crippen LogP contribution in [0.4, 0.5) is 0 Å². The average Bonchev–Trinajstić information content (AvgIpc) is 2.41. The third kappa shape index (κ3) is 4.45. The predicted molar refractivity (Wildman–Crippen MR) is 89.4 cm³/mol. The van der Waals surface area contributed by atoms with E-state index in [9.17, 15) is 4.79 Å². The fraction of sp³-hybridized carbons (Fsp3) is 0.588. The van der Waals surface area contributed by atoms with Gasteiger partial charge in [-0.1, -0.05) is 44.0 Å². The van der Waals surface area contributed by atoms with E-state index in [0.717, 1.165) is 31.8 Å². The van der Waals surface area contributed by atoms with E-state index in [0.29, 0.717) is 27.6 Å². The molecule has 1 fully saturated rings. The number of halogens is 2. The molecule has 2 rings (SSSR count). The SMILES string of the molecule is CC(C)(C)C1CCN(CC(=O)c2cc(Cl)ccc2Cl)CC1. The van der Waals surface area contributed by atoms with E-state index < -0.39 is 0 Å². The first kappa shape index (κ1) is 16.8. The van der Waals surface area contributed by atoms with Gasteiger partial charge in [0, 0.05) is 10.6 Å². The smallest absolute Gasteiger partial charge is 0.178 e. The average molecular weight is 328 g/mol. The molecule has 1 heterocycles. The Morgan fingerprint density at radius 3 is 2.43 bits per heavy atom. The second-order valence-corrected chi connectivity index (χ2v) is 7.81. The zero-order valence-electron chi connectivity index (χ0n) is 13.0. The van der Waals surface area contributed by atoms with E-state index in [-0.39, 0.29) is 5.78 Å². The molecule has 0 bridgehead atoms. The van der Waals surface area contributed by atoms with Crippen molar-refractivity contribution in [2.75, 3.05) is 19.6 Å². The van der Waals surface area contributed by atoms with Crippen molar-refractivity contribution in [2.24, 2.45) is 11.3 Å².